The minimum atomic E-state index is -0.484. The summed E-state index contributed by atoms with van der Waals surface area (Å²) in [5.74, 6) is -0.289. The Hall–Kier alpha value is -2.23. The van der Waals surface area contributed by atoms with Crippen molar-refractivity contribution in [2.75, 3.05) is 71.4 Å². The molecule has 0 bridgehead atoms. The van der Waals surface area contributed by atoms with E-state index in [2.05, 4.69) is 27.4 Å². The molecule has 1 heterocycles. The number of likely N-dealkylation sites (N-methyl/N-ethyl adjacent to an activating group) is 1. The molecule has 1 aliphatic rings. The van der Waals surface area contributed by atoms with Crippen molar-refractivity contribution in [2.24, 2.45) is 0 Å². The molecule has 2 N–H and O–H groups in total. The molecule has 0 aromatic heterocycles. The van der Waals surface area contributed by atoms with Crippen LogP contribution in [0.3, 0.4) is 0 Å². The Morgan fingerprint density at radius 3 is 2.57 bits per heavy atom. The number of methoxy groups -OCH3 is 1. The third kappa shape index (κ3) is 6.74. The van der Waals surface area contributed by atoms with Crippen LogP contribution in [0, 0.1) is 10.1 Å². The van der Waals surface area contributed by atoms with Crippen LogP contribution in [0.2, 0.25) is 0 Å². The summed E-state index contributed by atoms with van der Waals surface area (Å²) in [6.07, 6.45) is 0.858. The molecule has 0 aliphatic carbocycles. The van der Waals surface area contributed by atoms with Gasteiger partial charge in [-0.15, -0.1) is 0 Å². The highest BCUT2D eigenvalue weighted by Gasteiger charge is 2.18. The number of benzene rings is 1. The molecule has 1 fully saturated rings. The number of nitro benzene ring substituents is 1. The van der Waals surface area contributed by atoms with Gasteiger partial charge in [0.15, 0.2) is 0 Å². The summed E-state index contributed by atoms with van der Waals surface area (Å²) in [6, 6.07) is 4.48. The molecule has 9 nitrogen and oxygen atoms in total. The topological polar surface area (TPSA) is 100.0 Å². The normalized spacial score (nSPS) is 15.4. The fourth-order valence-corrected chi connectivity index (χ4v) is 3.20. The minimum Gasteiger partial charge on any atom is -0.383 e. The van der Waals surface area contributed by atoms with Crippen molar-refractivity contribution in [3.8, 4) is 0 Å². The largest absolute Gasteiger partial charge is 0.383 e. The van der Waals surface area contributed by atoms with E-state index in [-0.39, 0.29) is 11.6 Å². The molecule has 9 heteroatoms. The number of hydrogen-bond acceptors (Lipinski definition) is 7. The zero-order valence-corrected chi connectivity index (χ0v) is 16.8. The van der Waals surface area contributed by atoms with Crippen molar-refractivity contribution < 1.29 is 14.5 Å². The molecule has 0 atom stereocenters. The Balaban J connectivity index is 1.80. The summed E-state index contributed by atoms with van der Waals surface area (Å²) < 4.78 is 4.93. The molecule has 1 aliphatic heterocycles. The highest BCUT2D eigenvalue weighted by atomic mass is 16.6. The van der Waals surface area contributed by atoms with E-state index in [0.717, 1.165) is 45.7 Å². The molecule has 28 heavy (non-hydrogen) atoms. The minimum absolute atomic E-state index is 0.113. The van der Waals surface area contributed by atoms with Gasteiger partial charge >= 0.3 is 0 Å². The number of rotatable bonds is 11. The summed E-state index contributed by atoms with van der Waals surface area (Å²) in [7, 11) is 1.56. The number of nitro groups is 1. The van der Waals surface area contributed by atoms with E-state index in [1.807, 2.05) is 0 Å². The summed E-state index contributed by atoms with van der Waals surface area (Å²) >= 11 is 0. The summed E-state index contributed by atoms with van der Waals surface area (Å²) in [5, 5.41) is 17.1. The predicted octanol–water partition coefficient (Wildman–Crippen LogP) is 1.41. The first kappa shape index (κ1) is 22.1. The van der Waals surface area contributed by atoms with Crippen LogP contribution in [-0.2, 0) is 4.74 Å². The predicted molar refractivity (Wildman–Crippen MR) is 109 cm³/mol. The van der Waals surface area contributed by atoms with Gasteiger partial charge in [-0.05, 0) is 31.6 Å². The van der Waals surface area contributed by atoms with Crippen LogP contribution in [0.5, 0.6) is 0 Å². The van der Waals surface area contributed by atoms with Gasteiger partial charge in [0.2, 0.25) is 0 Å². The lowest BCUT2D eigenvalue weighted by Gasteiger charge is -2.33. The first-order chi connectivity index (χ1) is 13.5. The molecular weight excluding hydrogens is 362 g/mol. The van der Waals surface area contributed by atoms with Crippen LogP contribution in [-0.4, -0.2) is 86.7 Å². The van der Waals surface area contributed by atoms with Crippen LogP contribution < -0.4 is 10.6 Å². The molecule has 0 spiro atoms. The quantitative estimate of drug-likeness (QED) is 0.333. The second kappa shape index (κ2) is 11.6. The maximum atomic E-state index is 12.3. The van der Waals surface area contributed by atoms with Gasteiger partial charge in [-0.25, -0.2) is 0 Å². The molecule has 2 rings (SSSR count). The number of nitrogens with zero attached hydrogens (tertiary/aromatic N) is 3. The van der Waals surface area contributed by atoms with Crippen molar-refractivity contribution in [1.82, 2.24) is 15.1 Å². The molecule has 1 amide bonds. The lowest BCUT2D eigenvalue weighted by Crippen LogP contribution is -2.46. The van der Waals surface area contributed by atoms with Crippen LogP contribution in [0.25, 0.3) is 0 Å². The molecule has 0 radical (unpaired) electrons. The van der Waals surface area contributed by atoms with Gasteiger partial charge in [-0.1, -0.05) is 6.92 Å². The number of hydrogen-bond donors (Lipinski definition) is 2. The fraction of sp³-hybridized carbons (Fsp3) is 0.632. The van der Waals surface area contributed by atoms with Gasteiger partial charge in [0, 0.05) is 58.0 Å². The van der Waals surface area contributed by atoms with Gasteiger partial charge < -0.3 is 25.2 Å². The molecular formula is C19H31N5O4. The molecule has 156 valence electrons. The zero-order valence-electron chi connectivity index (χ0n) is 16.8. The Morgan fingerprint density at radius 1 is 1.21 bits per heavy atom. The van der Waals surface area contributed by atoms with E-state index in [9.17, 15) is 14.9 Å². The van der Waals surface area contributed by atoms with Crippen LogP contribution >= 0.6 is 0 Å². The van der Waals surface area contributed by atoms with E-state index in [0.29, 0.717) is 30.9 Å². The van der Waals surface area contributed by atoms with Gasteiger partial charge in [0.05, 0.1) is 11.5 Å². The zero-order chi connectivity index (χ0) is 20.4. The smallest absolute Gasteiger partial charge is 0.293 e. The standard InChI is InChI=1S/C19H31N5O4/c1-3-22-10-12-23(13-11-22)9-4-7-21-19(25)16-5-6-17(20-8-14-28-2)18(15-16)24(26)27/h5-6,15,20H,3-4,7-14H2,1-2H3,(H,21,25). The number of carbonyl (C=O) groups is 1. The molecule has 0 unspecified atom stereocenters. The first-order valence-corrected chi connectivity index (χ1v) is 9.79. The first-order valence-electron chi connectivity index (χ1n) is 9.79. The summed E-state index contributed by atoms with van der Waals surface area (Å²) in [6.45, 7) is 9.97. The monoisotopic (exact) mass is 393 g/mol. The van der Waals surface area contributed by atoms with Crippen molar-refractivity contribution in [3.63, 3.8) is 0 Å². The highest BCUT2D eigenvalue weighted by Crippen LogP contribution is 2.25. The van der Waals surface area contributed by atoms with Crippen LogP contribution in [0.1, 0.15) is 23.7 Å². The average Bonchev–Trinajstić information content (AvgIpc) is 2.71. The lowest BCUT2D eigenvalue weighted by molar-refractivity contribution is -0.384. The molecule has 1 aromatic rings. The SMILES string of the molecule is CCN1CCN(CCCNC(=O)c2ccc(NCCOC)c([N+](=O)[O-])c2)CC1. The number of carbonyl (C=O) groups excluding carboxylic acids is 1. The Bertz CT molecular complexity index is 647. The fourth-order valence-electron chi connectivity index (χ4n) is 3.20. The van der Waals surface area contributed by atoms with E-state index in [1.54, 1.807) is 19.2 Å². The molecule has 1 saturated heterocycles. The van der Waals surface area contributed by atoms with Gasteiger partial charge in [0.25, 0.3) is 11.6 Å². The van der Waals surface area contributed by atoms with Crippen molar-refractivity contribution in [2.45, 2.75) is 13.3 Å². The number of amides is 1. The Kier molecular flexibility index (Phi) is 9.12. The Morgan fingerprint density at radius 2 is 1.93 bits per heavy atom. The number of piperazine rings is 1. The third-order valence-corrected chi connectivity index (χ3v) is 4.93. The van der Waals surface area contributed by atoms with E-state index < -0.39 is 4.92 Å². The van der Waals surface area contributed by atoms with Crippen molar-refractivity contribution in [1.29, 1.82) is 0 Å². The van der Waals surface area contributed by atoms with Gasteiger partial charge in [0.1, 0.15) is 5.69 Å². The lowest BCUT2D eigenvalue weighted by atomic mass is 10.1. The molecule has 0 saturated carbocycles. The van der Waals surface area contributed by atoms with Gasteiger partial charge in [-0.3, -0.25) is 14.9 Å². The maximum Gasteiger partial charge on any atom is 0.293 e. The molecule has 1 aromatic carbocycles. The van der Waals surface area contributed by atoms with Gasteiger partial charge in [-0.2, -0.15) is 0 Å². The third-order valence-electron chi connectivity index (χ3n) is 4.93. The Labute approximate surface area is 166 Å². The average molecular weight is 393 g/mol. The maximum absolute atomic E-state index is 12.3. The number of nitrogens with one attached hydrogen (secondary N) is 2. The van der Waals surface area contributed by atoms with Crippen molar-refractivity contribution in [3.05, 3.63) is 33.9 Å². The van der Waals surface area contributed by atoms with E-state index in [1.165, 1.54) is 6.07 Å². The van der Waals surface area contributed by atoms with Crippen LogP contribution in [0.15, 0.2) is 18.2 Å². The summed E-state index contributed by atoms with van der Waals surface area (Å²) in [4.78, 5) is 28.0. The second-order valence-corrected chi connectivity index (χ2v) is 6.79. The van der Waals surface area contributed by atoms with Crippen molar-refractivity contribution >= 4 is 17.3 Å². The number of anilines is 1. The van der Waals surface area contributed by atoms with E-state index in [4.69, 9.17) is 4.74 Å². The van der Waals surface area contributed by atoms with E-state index >= 15 is 0 Å². The highest BCUT2D eigenvalue weighted by molar-refractivity contribution is 5.95. The number of ether oxygens (including phenoxy) is 1. The summed E-state index contributed by atoms with van der Waals surface area (Å²) in [5.41, 5.74) is 0.558. The second-order valence-electron chi connectivity index (χ2n) is 6.79. The van der Waals surface area contributed by atoms with Crippen LogP contribution in [0.4, 0.5) is 11.4 Å².